The van der Waals surface area contributed by atoms with E-state index in [-0.39, 0.29) is 11.8 Å². The van der Waals surface area contributed by atoms with E-state index in [1.54, 1.807) is 23.1 Å². The molecule has 0 radical (unpaired) electrons. The Morgan fingerprint density at radius 2 is 1.79 bits per heavy atom. The van der Waals surface area contributed by atoms with E-state index in [0.29, 0.717) is 17.9 Å². The van der Waals surface area contributed by atoms with Crippen LogP contribution in [0.15, 0.2) is 85.3 Å². The Kier molecular flexibility index (Phi) is 7.11. The average molecular weight is 451 g/mol. The summed E-state index contributed by atoms with van der Waals surface area (Å²) in [5.41, 5.74) is 4.48. The fraction of sp³-hybridized carbons (Fsp3) is 0.185. The molecule has 0 saturated carbocycles. The molecule has 2 heterocycles. The van der Waals surface area contributed by atoms with E-state index in [2.05, 4.69) is 33.7 Å². The van der Waals surface area contributed by atoms with Gasteiger partial charge in [0.25, 0.3) is 0 Å². The number of nitrogens with zero attached hydrogens (tertiary/aromatic N) is 4. The van der Waals surface area contributed by atoms with E-state index >= 15 is 0 Å². The molecule has 0 saturated heterocycles. The van der Waals surface area contributed by atoms with Gasteiger partial charge in [0, 0.05) is 12.7 Å². The predicted molar refractivity (Wildman–Crippen MR) is 131 cm³/mol. The van der Waals surface area contributed by atoms with Crippen molar-refractivity contribution in [2.75, 3.05) is 11.9 Å². The molecule has 0 aliphatic carbocycles. The minimum Gasteiger partial charge on any atom is -0.309 e. The number of aryl methyl sites for hydroxylation is 1. The quantitative estimate of drug-likeness (QED) is 0.411. The smallest absolute Gasteiger partial charge is 0.247 e. The first-order valence-electron chi connectivity index (χ1n) is 11.1. The van der Waals surface area contributed by atoms with E-state index in [9.17, 15) is 4.79 Å². The van der Waals surface area contributed by atoms with Crippen molar-refractivity contribution >= 4 is 11.7 Å². The molecule has 170 valence electrons. The van der Waals surface area contributed by atoms with Gasteiger partial charge in [-0.25, -0.2) is 9.67 Å². The van der Waals surface area contributed by atoms with Crippen LogP contribution in [0.1, 0.15) is 41.1 Å². The maximum Gasteiger partial charge on any atom is 0.247 e. The number of hydrogen-bond acceptors (Lipinski definition) is 5. The second-order valence-electron chi connectivity index (χ2n) is 8.24. The molecular weight excluding hydrogens is 424 g/mol. The monoisotopic (exact) mass is 450 g/mol. The number of aromatic nitrogens is 3. The Bertz CT molecular complexity index is 1270. The first kappa shape index (κ1) is 22.9. The molecule has 4 aromatic rings. The summed E-state index contributed by atoms with van der Waals surface area (Å²) >= 11 is 0. The average Bonchev–Trinajstić information content (AvgIpc) is 3.31. The standard InChI is InChI=1S/C27H26N6O/c1-19-15-31-33(18-19)24-12-13-25(29-17-24)32-27(34)26(23-6-4-3-5-7-23)30-16-20(2)22-10-8-21(14-28)9-11-22/h3-13,15,17-18,20,26,30H,16H2,1-2H3,(H,29,32,34)/t20-,26-/m0/s1. The highest BCUT2D eigenvalue weighted by atomic mass is 16.2. The van der Waals surface area contributed by atoms with Gasteiger partial charge in [-0.2, -0.15) is 10.4 Å². The molecule has 0 aliphatic heterocycles. The van der Waals surface area contributed by atoms with E-state index in [0.717, 1.165) is 22.4 Å². The third kappa shape index (κ3) is 5.55. The highest BCUT2D eigenvalue weighted by Gasteiger charge is 2.21. The van der Waals surface area contributed by atoms with Crippen molar-refractivity contribution in [2.45, 2.75) is 25.8 Å². The Labute approximate surface area is 199 Å². The maximum atomic E-state index is 13.2. The number of carbonyl (C=O) groups is 1. The number of carbonyl (C=O) groups excluding carboxylic acids is 1. The van der Waals surface area contributed by atoms with E-state index in [4.69, 9.17) is 5.26 Å². The Balaban J connectivity index is 1.46. The zero-order valence-electron chi connectivity index (χ0n) is 19.1. The van der Waals surface area contributed by atoms with E-state index in [1.165, 1.54) is 0 Å². The number of pyridine rings is 1. The van der Waals surface area contributed by atoms with E-state index < -0.39 is 6.04 Å². The fourth-order valence-corrected chi connectivity index (χ4v) is 3.65. The maximum absolute atomic E-state index is 13.2. The molecule has 7 heteroatoms. The molecule has 2 atom stereocenters. The van der Waals surface area contributed by atoms with Crippen LogP contribution < -0.4 is 10.6 Å². The summed E-state index contributed by atoms with van der Waals surface area (Å²) in [7, 11) is 0. The van der Waals surface area contributed by atoms with Gasteiger partial charge >= 0.3 is 0 Å². The van der Waals surface area contributed by atoms with Crippen LogP contribution in [0, 0.1) is 18.3 Å². The summed E-state index contributed by atoms with van der Waals surface area (Å²) in [6, 6.07) is 22.4. The van der Waals surface area contributed by atoms with Crippen molar-refractivity contribution in [2.24, 2.45) is 0 Å². The molecule has 0 aliphatic rings. The third-order valence-electron chi connectivity index (χ3n) is 5.61. The Morgan fingerprint density at radius 3 is 2.41 bits per heavy atom. The molecule has 2 N–H and O–H groups in total. The van der Waals surface area contributed by atoms with Crippen molar-refractivity contribution < 1.29 is 4.79 Å². The van der Waals surface area contributed by atoms with Crippen LogP contribution in [0.5, 0.6) is 0 Å². The molecule has 34 heavy (non-hydrogen) atoms. The van der Waals surface area contributed by atoms with Crippen LogP contribution in [-0.2, 0) is 4.79 Å². The summed E-state index contributed by atoms with van der Waals surface area (Å²) < 4.78 is 1.74. The number of nitriles is 1. The van der Waals surface area contributed by atoms with E-state index in [1.807, 2.05) is 73.8 Å². The van der Waals surface area contributed by atoms with Crippen molar-refractivity contribution in [3.05, 3.63) is 108 Å². The zero-order chi connectivity index (χ0) is 23.9. The molecule has 7 nitrogen and oxygen atoms in total. The fourth-order valence-electron chi connectivity index (χ4n) is 3.65. The third-order valence-corrected chi connectivity index (χ3v) is 5.61. The largest absolute Gasteiger partial charge is 0.309 e. The second kappa shape index (κ2) is 10.6. The first-order valence-corrected chi connectivity index (χ1v) is 11.1. The molecule has 2 aromatic carbocycles. The number of amides is 1. The summed E-state index contributed by atoms with van der Waals surface area (Å²) in [5, 5.41) is 19.6. The van der Waals surface area contributed by atoms with Crippen LogP contribution in [0.2, 0.25) is 0 Å². The number of rotatable bonds is 8. The lowest BCUT2D eigenvalue weighted by atomic mass is 9.98. The molecule has 0 unspecified atom stereocenters. The van der Waals surface area contributed by atoms with Crippen LogP contribution in [0.4, 0.5) is 5.82 Å². The van der Waals surface area contributed by atoms with Gasteiger partial charge < -0.3 is 10.6 Å². The Hall–Kier alpha value is -4.28. The lowest BCUT2D eigenvalue weighted by molar-refractivity contribution is -0.118. The van der Waals surface area contributed by atoms with Gasteiger partial charge in [-0.3, -0.25) is 4.79 Å². The molecule has 4 rings (SSSR count). The molecule has 0 fully saturated rings. The predicted octanol–water partition coefficient (Wildman–Crippen LogP) is 4.52. The topological polar surface area (TPSA) is 95.6 Å². The molecular formula is C27H26N6O. The summed E-state index contributed by atoms with van der Waals surface area (Å²) in [5.74, 6) is 0.440. The van der Waals surface area contributed by atoms with Crippen LogP contribution in [0.3, 0.4) is 0 Å². The SMILES string of the molecule is Cc1cnn(-c2ccc(NC(=O)[C@@H](NC[C@H](C)c3ccc(C#N)cc3)c3ccccc3)nc2)c1. The van der Waals surface area contributed by atoms with Crippen LogP contribution in [-0.4, -0.2) is 27.2 Å². The van der Waals surface area contributed by atoms with Crippen molar-refractivity contribution in [1.29, 1.82) is 5.26 Å². The van der Waals surface area contributed by atoms with Gasteiger partial charge in [-0.1, -0.05) is 49.4 Å². The van der Waals surface area contributed by atoms with Crippen molar-refractivity contribution in [1.82, 2.24) is 20.1 Å². The normalized spacial score (nSPS) is 12.5. The lowest BCUT2D eigenvalue weighted by Crippen LogP contribution is -2.35. The number of hydrogen-bond donors (Lipinski definition) is 2. The first-order chi connectivity index (χ1) is 16.5. The summed E-state index contributed by atoms with van der Waals surface area (Å²) in [6.07, 6.45) is 5.38. The highest BCUT2D eigenvalue weighted by molar-refractivity contribution is 5.94. The van der Waals surface area contributed by atoms with Gasteiger partial charge in [0.2, 0.25) is 5.91 Å². The summed E-state index contributed by atoms with van der Waals surface area (Å²) in [6.45, 7) is 4.65. The van der Waals surface area contributed by atoms with Crippen LogP contribution in [0.25, 0.3) is 5.69 Å². The minimum atomic E-state index is -0.544. The summed E-state index contributed by atoms with van der Waals surface area (Å²) in [4.78, 5) is 17.6. The highest BCUT2D eigenvalue weighted by Crippen LogP contribution is 2.20. The Morgan fingerprint density at radius 1 is 1.03 bits per heavy atom. The molecule has 0 bridgehead atoms. The van der Waals surface area contributed by atoms with Gasteiger partial charge in [0.15, 0.2) is 0 Å². The number of benzene rings is 2. The van der Waals surface area contributed by atoms with Crippen molar-refractivity contribution in [3.63, 3.8) is 0 Å². The number of nitrogens with one attached hydrogen (secondary N) is 2. The second-order valence-corrected chi connectivity index (χ2v) is 8.24. The van der Waals surface area contributed by atoms with Gasteiger partial charge in [-0.05, 0) is 53.8 Å². The molecule has 0 spiro atoms. The zero-order valence-corrected chi connectivity index (χ0v) is 19.1. The van der Waals surface area contributed by atoms with Gasteiger partial charge in [-0.15, -0.1) is 0 Å². The van der Waals surface area contributed by atoms with Crippen molar-refractivity contribution in [3.8, 4) is 11.8 Å². The molecule has 1 amide bonds. The van der Waals surface area contributed by atoms with Gasteiger partial charge in [0.05, 0.1) is 29.7 Å². The number of anilines is 1. The van der Waals surface area contributed by atoms with Crippen LogP contribution >= 0.6 is 0 Å². The molecule has 2 aromatic heterocycles. The van der Waals surface area contributed by atoms with Gasteiger partial charge in [0.1, 0.15) is 11.9 Å². The minimum absolute atomic E-state index is 0.154. The lowest BCUT2D eigenvalue weighted by Gasteiger charge is -2.21.